The van der Waals surface area contributed by atoms with Crippen LogP contribution in [0.25, 0.3) is 0 Å². The molecular weight excluding hydrogens is 328 g/mol. The summed E-state index contributed by atoms with van der Waals surface area (Å²) in [7, 11) is 0. The standard InChI is InChI=1S/C19H19F2NO3/c1-3-12(2)14-6-4-5-7-17(14)22-18(23)11-25-19(24)15-9-8-13(20)10-16(15)21/h4-10,12H,3,11H2,1-2H3,(H,22,23)/t12-/m0/s1. The Labute approximate surface area is 144 Å². The van der Waals surface area contributed by atoms with Gasteiger partial charge in [0.2, 0.25) is 0 Å². The summed E-state index contributed by atoms with van der Waals surface area (Å²) in [6.45, 7) is 3.52. The summed E-state index contributed by atoms with van der Waals surface area (Å²) >= 11 is 0. The molecule has 0 unspecified atom stereocenters. The maximum Gasteiger partial charge on any atom is 0.341 e. The number of anilines is 1. The van der Waals surface area contributed by atoms with Crippen molar-refractivity contribution in [2.45, 2.75) is 26.2 Å². The summed E-state index contributed by atoms with van der Waals surface area (Å²) in [4.78, 5) is 23.8. The third kappa shape index (κ3) is 4.86. The van der Waals surface area contributed by atoms with E-state index in [1.54, 1.807) is 12.1 Å². The van der Waals surface area contributed by atoms with E-state index in [1.165, 1.54) is 0 Å². The summed E-state index contributed by atoms with van der Waals surface area (Å²) in [6, 6.07) is 9.87. The minimum atomic E-state index is -1.03. The van der Waals surface area contributed by atoms with E-state index in [0.717, 1.165) is 24.1 Å². The Morgan fingerprint density at radius 3 is 2.56 bits per heavy atom. The first kappa shape index (κ1) is 18.6. The van der Waals surface area contributed by atoms with Crippen LogP contribution in [0.4, 0.5) is 14.5 Å². The van der Waals surface area contributed by atoms with Crippen LogP contribution in [0, 0.1) is 11.6 Å². The molecule has 0 aliphatic carbocycles. The number of esters is 1. The van der Waals surface area contributed by atoms with Gasteiger partial charge in [0.25, 0.3) is 5.91 Å². The van der Waals surface area contributed by atoms with Crippen LogP contribution in [0.1, 0.15) is 42.1 Å². The van der Waals surface area contributed by atoms with Crippen LogP contribution >= 0.6 is 0 Å². The number of para-hydroxylation sites is 1. The van der Waals surface area contributed by atoms with Gasteiger partial charge < -0.3 is 10.1 Å². The van der Waals surface area contributed by atoms with Crippen molar-refractivity contribution in [2.75, 3.05) is 11.9 Å². The Kier molecular flexibility index (Phi) is 6.22. The van der Waals surface area contributed by atoms with Gasteiger partial charge in [-0.1, -0.05) is 32.0 Å². The molecule has 0 bridgehead atoms. The van der Waals surface area contributed by atoms with E-state index in [0.29, 0.717) is 11.8 Å². The second-order valence-electron chi connectivity index (χ2n) is 5.65. The number of rotatable bonds is 6. The zero-order chi connectivity index (χ0) is 18.4. The predicted molar refractivity (Wildman–Crippen MR) is 90.4 cm³/mol. The van der Waals surface area contributed by atoms with E-state index < -0.39 is 35.7 Å². The fourth-order valence-electron chi connectivity index (χ4n) is 2.31. The van der Waals surface area contributed by atoms with Gasteiger partial charge in [0.05, 0.1) is 5.56 Å². The lowest BCUT2D eigenvalue weighted by Gasteiger charge is -2.15. The molecule has 2 aromatic rings. The van der Waals surface area contributed by atoms with Crippen LogP contribution in [0.15, 0.2) is 42.5 Å². The Morgan fingerprint density at radius 1 is 1.16 bits per heavy atom. The highest BCUT2D eigenvalue weighted by molar-refractivity contribution is 5.96. The number of amides is 1. The molecule has 0 saturated heterocycles. The van der Waals surface area contributed by atoms with Crippen LogP contribution in [0.5, 0.6) is 0 Å². The van der Waals surface area contributed by atoms with Crippen molar-refractivity contribution in [1.29, 1.82) is 0 Å². The SMILES string of the molecule is CC[C@H](C)c1ccccc1NC(=O)COC(=O)c1ccc(F)cc1F. The molecular formula is C19H19F2NO3. The number of halogens is 2. The molecule has 0 aliphatic heterocycles. The minimum absolute atomic E-state index is 0.257. The van der Waals surface area contributed by atoms with E-state index >= 15 is 0 Å². The highest BCUT2D eigenvalue weighted by atomic mass is 19.1. The molecule has 4 nitrogen and oxygen atoms in total. The van der Waals surface area contributed by atoms with Gasteiger partial charge in [-0.25, -0.2) is 13.6 Å². The first-order valence-electron chi connectivity index (χ1n) is 7.93. The quantitative estimate of drug-likeness (QED) is 0.794. The third-order valence-corrected chi connectivity index (χ3v) is 3.86. The molecule has 1 amide bonds. The number of ether oxygens (including phenoxy) is 1. The van der Waals surface area contributed by atoms with Gasteiger partial charge in [-0.05, 0) is 36.1 Å². The topological polar surface area (TPSA) is 55.4 Å². The van der Waals surface area contributed by atoms with Crippen molar-refractivity contribution in [2.24, 2.45) is 0 Å². The molecule has 0 radical (unpaired) electrons. The van der Waals surface area contributed by atoms with Gasteiger partial charge in [0, 0.05) is 11.8 Å². The first-order valence-corrected chi connectivity index (χ1v) is 7.93. The summed E-state index contributed by atoms with van der Waals surface area (Å²) in [5, 5.41) is 2.69. The van der Waals surface area contributed by atoms with Crippen LogP contribution < -0.4 is 5.32 Å². The minimum Gasteiger partial charge on any atom is -0.452 e. The van der Waals surface area contributed by atoms with Crippen molar-refractivity contribution >= 4 is 17.6 Å². The van der Waals surface area contributed by atoms with Crippen LogP contribution in [0.2, 0.25) is 0 Å². The Balaban J connectivity index is 1.98. The fraction of sp³-hybridized carbons (Fsp3) is 0.263. The number of carbonyl (C=O) groups excluding carboxylic acids is 2. The van der Waals surface area contributed by atoms with Crippen LogP contribution in [-0.4, -0.2) is 18.5 Å². The average Bonchev–Trinajstić information content (AvgIpc) is 2.59. The van der Waals surface area contributed by atoms with Crippen molar-refractivity contribution in [3.63, 3.8) is 0 Å². The Morgan fingerprint density at radius 2 is 1.88 bits per heavy atom. The molecule has 25 heavy (non-hydrogen) atoms. The van der Waals surface area contributed by atoms with E-state index in [1.807, 2.05) is 26.0 Å². The normalized spacial score (nSPS) is 11.7. The summed E-state index contributed by atoms with van der Waals surface area (Å²) in [5.74, 6) is -3.14. The second kappa shape index (κ2) is 8.37. The van der Waals surface area contributed by atoms with Gasteiger partial charge >= 0.3 is 5.97 Å². The predicted octanol–water partition coefficient (Wildman–Crippen LogP) is 4.27. The smallest absolute Gasteiger partial charge is 0.341 e. The van der Waals surface area contributed by atoms with E-state index in [-0.39, 0.29) is 5.92 Å². The van der Waals surface area contributed by atoms with Crippen molar-refractivity contribution < 1.29 is 23.1 Å². The molecule has 0 spiro atoms. The summed E-state index contributed by atoms with van der Waals surface area (Å²) in [6.07, 6.45) is 0.908. The van der Waals surface area contributed by atoms with E-state index in [4.69, 9.17) is 4.74 Å². The molecule has 0 saturated carbocycles. The summed E-state index contributed by atoms with van der Waals surface area (Å²) < 4.78 is 31.2. The monoisotopic (exact) mass is 347 g/mol. The molecule has 0 fully saturated rings. The van der Waals surface area contributed by atoms with E-state index in [9.17, 15) is 18.4 Å². The third-order valence-electron chi connectivity index (χ3n) is 3.86. The molecule has 0 heterocycles. The first-order chi connectivity index (χ1) is 11.9. The van der Waals surface area contributed by atoms with Crippen molar-refractivity contribution in [3.05, 3.63) is 65.2 Å². The van der Waals surface area contributed by atoms with Gasteiger partial charge in [0.15, 0.2) is 6.61 Å². The average molecular weight is 347 g/mol. The maximum absolute atomic E-state index is 13.5. The van der Waals surface area contributed by atoms with Crippen molar-refractivity contribution in [1.82, 2.24) is 0 Å². The van der Waals surface area contributed by atoms with Crippen LogP contribution in [0.3, 0.4) is 0 Å². The molecule has 0 aliphatic rings. The molecule has 1 N–H and O–H groups in total. The molecule has 132 valence electrons. The lowest BCUT2D eigenvalue weighted by molar-refractivity contribution is -0.119. The van der Waals surface area contributed by atoms with Gasteiger partial charge in [-0.3, -0.25) is 4.79 Å². The number of hydrogen-bond acceptors (Lipinski definition) is 3. The Hall–Kier alpha value is -2.76. The zero-order valence-electron chi connectivity index (χ0n) is 14.0. The lowest BCUT2D eigenvalue weighted by atomic mass is 9.97. The molecule has 6 heteroatoms. The van der Waals surface area contributed by atoms with Crippen LogP contribution in [-0.2, 0) is 9.53 Å². The largest absolute Gasteiger partial charge is 0.452 e. The molecule has 2 rings (SSSR count). The number of hydrogen-bond donors (Lipinski definition) is 1. The highest BCUT2D eigenvalue weighted by Gasteiger charge is 2.16. The van der Waals surface area contributed by atoms with Gasteiger partial charge in [0.1, 0.15) is 11.6 Å². The van der Waals surface area contributed by atoms with E-state index in [2.05, 4.69) is 5.32 Å². The molecule has 1 atom stereocenters. The molecule has 0 aromatic heterocycles. The number of carbonyl (C=O) groups is 2. The number of benzene rings is 2. The van der Waals surface area contributed by atoms with Crippen molar-refractivity contribution in [3.8, 4) is 0 Å². The molecule has 2 aromatic carbocycles. The number of nitrogens with one attached hydrogen (secondary N) is 1. The Bertz CT molecular complexity index is 777. The highest BCUT2D eigenvalue weighted by Crippen LogP contribution is 2.26. The fourth-order valence-corrected chi connectivity index (χ4v) is 2.31. The summed E-state index contributed by atoms with van der Waals surface area (Å²) in [5.41, 5.74) is 1.20. The van der Waals surface area contributed by atoms with Gasteiger partial charge in [-0.2, -0.15) is 0 Å². The zero-order valence-corrected chi connectivity index (χ0v) is 14.0. The maximum atomic E-state index is 13.5. The second-order valence-corrected chi connectivity index (χ2v) is 5.65. The lowest BCUT2D eigenvalue weighted by Crippen LogP contribution is -2.22. The van der Waals surface area contributed by atoms with Gasteiger partial charge in [-0.15, -0.1) is 0 Å².